The molecule has 0 aliphatic carbocycles. The molecule has 0 radical (unpaired) electrons. The van der Waals surface area contributed by atoms with E-state index in [0.29, 0.717) is 12.0 Å². The van der Waals surface area contributed by atoms with Crippen molar-refractivity contribution in [1.29, 1.82) is 0 Å². The lowest BCUT2D eigenvalue weighted by Crippen LogP contribution is -2.03. The Morgan fingerprint density at radius 2 is 2.00 bits per heavy atom. The van der Waals surface area contributed by atoms with Gasteiger partial charge in [-0.15, -0.1) is 0 Å². The van der Waals surface area contributed by atoms with Crippen LogP contribution in [0.3, 0.4) is 0 Å². The lowest BCUT2D eigenvalue weighted by molar-refractivity contribution is -0.136. The Hall–Kier alpha value is -1.12. The van der Waals surface area contributed by atoms with Gasteiger partial charge in [-0.3, -0.25) is 4.79 Å². The fourth-order valence-electron chi connectivity index (χ4n) is 0.563. The topological polar surface area (TPSA) is 43.4 Å². The third kappa shape index (κ3) is 3.55. The summed E-state index contributed by atoms with van der Waals surface area (Å²) >= 11 is 0. The monoisotopic (exact) mass is 156 g/mol. The zero-order chi connectivity index (χ0) is 8.85. The van der Waals surface area contributed by atoms with Gasteiger partial charge in [0.1, 0.15) is 0 Å². The molecule has 0 aliphatic rings. The number of hydrogen-bond donors (Lipinski definition) is 0. The van der Waals surface area contributed by atoms with Crippen molar-refractivity contribution in [2.75, 3.05) is 7.11 Å². The van der Waals surface area contributed by atoms with Crippen molar-refractivity contribution in [1.82, 2.24) is 0 Å². The molecule has 0 aromatic rings. The highest BCUT2D eigenvalue weighted by molar-refractivity contribution is 5.98. The molecule has 0 amide bonds. The Labute approximate surface area is 66.0 Å². The molecule has 0 aromatic heterocycles. The number of carbonyl (C=O) groups excluding carboxylic acids is 2. The van der Waals surface area contributed by atoms with Gasteiger partial charge in [0.2, 0.25) is 0 Å². The summed E-state index contributed by atoms with van der Waals surface area (Å²) in [5.41, 5.74) is 0.347. The molecule has 3 heteroatoms. The second kappa shape index (κ2) is 4.66. The van der Waals surface area contributed by atoms with E-state index < -0.39 is 5.97 Å². The first kappa shape index (κ1) is 9.88. The summed E-state index contributed by atoms with van der Waals surface area (Å²) in [6, 6.07) is 0. The van der Waals surface area contributed by atoms with Crippen LogP contribution in [-0.2, 0) is 14.3 Å². The maximum absolute atomic E-state index is 10.8. The smallest absolute Gasteiger partial charge is 0.333 e. The van der Waals surface area contributed by atoms with Gasteiger partial charge in [-0.25, -0.2) is 4.79 Å². The molecule has 0 saturated carbocycles. The highest BCUT2D eigenvalue weighted by Crippen LogP contribution is 1.96. The fourth-order valence-corrected chi connectivity index (χ4v) is 0.563. The van der Waals surface area contributed by atoms with Crippen LogP contribution in [0, 0.1) is 0 Å². The molecule has 0 aromatic carbocycles. The maximum atomic E-state index is 10.8. The molecule has 0 spiro atoms. The Morgan fingerprint density at radius 3 is 2.36 bits per heavy atom. The summed E-state index contributed by atoms with van der Waals surface area (Å²) in [4.78, 5) is 21.5. The molecule has 0 unspecified atom stereocenters. The van der Waals surface area contributed by atoms with E-state index in [-0.39, 0.29) is 5.78 Å². The van der Waals surface area contributed by atoms with E-state index in [2.05, 4.69) is 4.74 Å². The van der Waals surface area contributed by atoms with Gasteiger partial charge in [-0.2, -0.15) is 0 Å². The lowest BCUT2D eigenvalue weighted by Gasteiger charge is -1.96. The number of ether oxygens (including phenoxy) is 1. The fraction of sp³-hybridized carbons (Fsp3) is 0.500. The molecule has 0 bridgehead atoms. The van der Waals surface area contributed by atoms with E-state index in [9.17, 15) is 9.59 Å². The van der Waals surface area contributed by atoms with E-state index >= 15 is 0 Å². The quantitative estimate of drug-likeness (QED) is 0.453. The predicted octanol–water partition coefficient (Wildman–Crippen LogP) is 1.08. The first-order valence-electron chi connectivity index (χ1n) is 3.41. The van der Waals surface area contributed by atoms with Crippen molar-refractivity contribution in [2.24, 2.45) is 0 Å². The minimum absolute atomic E-state index is 0.0621. The molecular formula is C8H12O3. The Balaban J connectivity index is 4.21. The van der Waals surface area contributed by atoms with Crippen LogP contribution in [0.1, 0.15) is 20.3 Å². The Kier molecular flexibility index (Phi) is 4.18. The molecule has 0 aliphatic heterocycles. The molecule has 0 atom stereocenters. The third-order valence-corrected chi connectivity index (χ3v) is 1.23. The van der Waals surface area contributed by atoms with Crippen LogP contribution >= 0.6 is 0 Å². The average molecular weight is 156 g/mol. The highest BCUT2D eigenvalue weighted by Gasteiger charge is 2.03. The molecule has 62 valence electrons. The predicted molar refractivity (Wildman–Crippen MR) is 41.1 cm³/mol. The normalized spacial score (nSPS) is 11.0. The number of ketones is 1. The van der Waals surface area contributed by atoms with Crippen molar-refractivity contribution in [3.05, 3.63) is 11.6 Å². The first-order valence-corrected chi connectivity index (χ1v) is 3.41. The number of rotatable bonds is 3. The largest absolute Gasteiger partial charge is 0.466 e. The molecule has 3 nitrogen and oxygen atoms in total. The van der Waals surface area contributed by atoms with Crippen LogP contribution in [0.4, 0.5) is 0 Å². The van der Waals surface area contributed by atoms with Gasteiger partial charge in [-0.1, -0.05) is 6.92 Å². The van der Waals surface area contributed by atoms with Crippen LogP contribution in [0.25, 0.3) is 0 Å². The van der Waals surface area contributed by atoms with E-state index in [1.54, 1.807) is 13.8 Å². The minimum atomic E-state index is -0.452. The summed E-state index contributed by atoms with van der Waals surface area (Å²) in [5.74, 6) is -0.514. The number of esters is 1. The van der Waals surface area contributed by atoms with Crippen molar-refractivity contribution < 1.29 is 14.3 Å². The average Bonchev–Trinajstić information content (AvgIpc) is 2.02. The van der Waals surface area contributed by atoms with Gasteiger partial charge in [-0.05, 0) is 13.0 Å². The van der Waals surface area contributed by atoms with Crippen molar-refractivity contribution in [3.63, 3.8) is 0 Å². The molecule has 0 heterocycles. The van der Waals surface area contributed by atoms with Gasteiger partial charge < -0.3 is 4.74 Å². The summed E-state index contributed by atoms with van der Waals surface area (Å²) in [7, 11) is 1.29. The van der Waals surface area contributed by atoms with E-state index in [4.69, 9.17) is 0 Å². The van der Waals surface area contributed by atoms with Crippen molar-refractivity contribution in [3.8, 4) is 0 Å². The van der Waals surface area contributed by atoms with Gasteiger partial charge in [0.15, 0.2) is 5.78 Å². The minimum Gasteiger partial charge on any atom is -0.466 e. The SMILES string of the molecule is CCC(=O)C=C(C)C(=O)OC. The van der Waals surface area contributed by atoms with Crippen LogP contribution in [0.2, 0.25) is 0 Å². The van der Waals surface area contributed by atoms with Gasteiger partial charge in [0, 0.05) is 12.0 Å². The summed E-state index contributed by atoms with van der Waals surface area (Å²) < 4.78 is 4.40. The lowest BCUT2D eigenvalue weighted by atomic mass is 10.2. The maximum Gasteiger partial charge on any atom is 0.333 e. The Bertz CT molecular complexity index is 192. The number of methoxy groups -OCH3 is 1. The molecule has 0 fully saturated rings. The standard InChI is InChI=1S/C8H12O3/c1-4-7(9)5-6(2)8(10)11-3/h5H,4H2,1-3H3. The molecule has 0 saturated heterocycles. The van der Waals surface area contributed by atoms with Gasteiger partial charge in [0.05, 0.1) is 7.11 Å². The van der Waals surface area contributed by atoms with E-state index in [0.717, 1.165) is 0 Å². The Morgan fingerprint density at radius 1 is 1.45 bits per heavy atom. The zero-order valence-corrected chi connectivity index (χ0v) is 7.01. The van der Waals surface area contributed by atoms with Crippen LogP contribution < -0.4 is 0 Å². The number of allylic oxidation sites excluding steroid dienone is 1. The van der Waals surface area contributed by atoms with Crippen LogP contribution in [0.5, 0.6) is 0 Å². The number of hydrogen-bond acceptors (Lipinski definition) is 3. The molecule has 0 rings (SSSR count). The first-order chi connectivity index (χ1) is 5.11. The van der Waals surface area contributed by atoms with Gasteiger partial charge >= 0.3 is 5.97 Å². The second-order valence-electron chi connectivity index (χ2n) is 2.14. The molecular weight excluding hydrogens is 144 g/mol. The van der Waals surface area contributed by atoms with Crippen LogP contribution in [-0.4, -0.2) is 18.9 Å². The zero-order valence-electron chi connectivity index (χ0n) is 7.01. The number of carbonyl (C=O) groups is 2. The van der Waals surface area contributed by atoms with Crippen molar-refractivity contribution in [2.45, 2.75) is 20.3 Å². The van der Waals surface area contributed by atoms with E-state index in [1.165, 1.54) is 13.2 Å². The molecule has 11 heavy (non-hydrogen) atoms. The van der Waals surface area contributed by atoms with Gasteiger partial charge in [0.25, 0.3) is 0 Å². The van der Waals surface area contributed by atoms with E-state index in [1.807, 2.05) is 0 Å². The summed E-state index contributed by atoms with van der Waals surface area (Å²) in [5, 5.41) is 0. The van der Waals surface area contributed by atoms with Crippen molar-refractivity contribution >= 4 is 11.8 Å². The van der Waals surface area contributed by atoms with Crippen LogP contribution in [0.15, 0.2) is 11.6 Å². The second-order valence-corrected chi connectivity index (χ2v) is 2.14. The summed E-state index contributed by atoms with van der Waals surface area (Å²) in [6.45, 7) is 3.29. The summed E-state index contributed by atoms with van der Waals surface area (Å²) in [6.07, 6.45) is 1.71. The molecule has 0 N–H and O–H groups in total. The highest BCUT2D eigenvalue weighted by atomic mass is 16.5. The third-order valence-electron chi connectivity index (χ3n) is 1.23.